The summed E-state index contributed by atoms with van der Waals surface area (Å²) in [6.45, 7) is 7.23. The highest BCUT2D eigenvalue weighted by Crippen LogP contribution is 2.19. The highest BCUT2D eigenvalue weighted by Gasteiger charge is 2.27. The highest BCUT2D eigenvalue weighted by molar-refractivity contribution is 5.78. The Kier molecular flexibility index (Phi) is 7.70. The molecule has 1 aliphatic rings. The molecule has 1 rings (SSSR count). The van der Waals surface area contributed by atoms with E-state index in [1.807, 2.05) is 0 Å². The first-order chi connectivity index (χ1) is 9.67. The van der Waals surface area contributed by atoms with E-state index in [1.54, 1.807) is 12.2 Å². The second-order valence-electron chi connectivity index (χ2n) is 5.29. The molecule has 0 spiro atoms. The molecule has 112 valence electrons. The van der Waals surface area contributed by atoms with Crippen molar-refractivity contribution in [1.29, 1.82) is 0 Å². The first-order valence-electron chi connectivity index (χ1n) is 7.48. The van der Waals surface area contributed by atoms with E-state index in [1.165, 1.54) is 0 Å². The minimum absolute atomic E-state index is 0.0436. The maximum atomic E-state index is 11.8. The van der Waals surface area contributed by atoms with Crippen molar-refractivity contribution in [2.75, 3.05) is 0 Å². The number of carbonyl (C=O) groups excluding carboxylic acids is 2. The number of carbonyl (C=O) groups is 2. The third-order valence-electron chi connectivity index (χ3n) is 3.61. The predicted octanol–water partition coefficient (Wildman–Crippen LogP) is 2.46. The molecule has 2 N–H and O–H groups in total. The molecule has 0 heterocycles. The minimum Gasteiger partial charge on any atom is -0.351 e. The standard InChI is InChI=1S/C16H26N2O2/c1-3-5-11-15(19)17-13-9-7-8-10-14(13)18-16(20)12-6-4-2/h3-4,13-14H,1-2,5-12H2,(H,17,19)(H,18,20). The van der Waals surface area contributed by atoms with E-state index < -0.39 is 0 Å². The van der Waals surface area contributed by atoms with Gasteiger partial charge >= 0.3 is 0 Å². The van der Waals surface area contributed by atoms with Gasteiger partial charge in [-0.3, -0.25) is 9.59 Å². The van der Waals surface area contributed by atoms with Gasteiger partial charge in [-0.25, -0.2) is 0 Å². The molecule has 4 heteroatoms. The lowest BCUT2D eigenvalue weighted by molar-refractivity contribution is -0.124. The normalized spacial score (nSPS) is 21.8. The van der Waals surface area contributed by atoms with Gasteiger partial charge in [-0.1, -0.05) is 25.0 Å². The van der Waals surface area contributed by atoms with Crippen LogP contribution >= 0.6 is 0 Å². The number of nitrogens with one attached hydrogen (secondary N) is 2. The molecule has 4 nitrogen and oxygen atoms in total. The Bertz CT molecular complexity index is 318. The first kappa shape index (κ1) is 16.5. The second-order valence-corrected chi connectivity index (χ2v) is 5.29. The average molecular weight is 278 g/mol. The van der Waals surface area contributed by atoms with Crippen molar-refractivity contribution in [2.45, 2.75) is 63.5 Å². The summed E-state index contributed by atoms with van der Waals surface area (Å²) in [6, 6.07) is 0.127. The smallest absolute Gasteiger partial charge is 0.220 e. The fourth-order valence-electron chi connectivity index (χ4n) is 2.50. The van der Waals surface area contributed by atoms with E-state index in [2.05, 4.69) is 23.8 Å². The van der Waals surface area contributed by atoms with Gasteiger partial charge in [0.15, 0.2) is 0 Å². The van der Waals surface area contributed by atoms with Crippen molar-refractivity contribution in [2.24, 2.45) is 0 Å². The van der Waals surface area contributed by atoms with Crippen LogP contribution in [0.2, 0.25) is 0 Å². The van der Waals surface area contributed by atoms with Crippen LogP contribution in [-0.2, 0) is 9.59 Å². The van der Waals surface area contributed by atoms with Gasteiger partial charge in [0.1, 0.15) is 0 Å². The van der Waals surface area contributed by atoms with E-state index in [9.17, 15) is 9.59 Å². The van der Waals surface area contributed by atoms with Crippen LogP contribution in [0.15, 0.2) is 25.3 Å². The van der Waals surface area contributed by atoms with Crippen molar-refractivity contribution < 1.29 is 9.59 Å². The van der Waals surface area contributed by atoms with Gasteiger partial charge in [-0.2, -0.15) is 0 Å². The van der Waals surface area contributed by atoms with Gasteiger partial charge in [-0.15, -0.1) is 13.2 Å². The predicted molar refractivity (Wildman–Crippen MR) is 81.2 cm³/mol. The van der Waals surface area contributed by atoms with Crippen LogP contribution in [0.3, 0.4) is 0 Å². The summed E-state index contributed by atoms with van der Waals surface area (Å²) in [6.07, 6.45) is 9.89. The van der Waals surface area contributed by atoms with Gasteiger partial charge in [-0.05, 0) is 25.7 Å². The van der Waals surface area contributed by atoms with E-state index in [0.29, 0.717) is 25.7 Å². The van der Waals surface area contributed by atoms with Crippen molar-refractivity contribution >= 4 is 11.8 Å². The largest absolute Gasteiger partial charge is 0.351 e. The fourth-order valence-corrected chi connectivity index (χ4v) is 2.50. The Morgan fingerprint density at radius 1 is 0.900 bits per heavy atom. The number of amides is 2. The molecule has 0 aromatic carbocycles. The summed E-state index contributed by atoms with van der Waals surface area (Å²) in [5.74, 6) is 0.0873. The summed E-state index contributed by atoms with van der Waals surface area (Å²) >= 11 is 0. The highest BCUT2D eigenvalue weighted by atomic mass is 16.2. The summed E-state index contributed by atoms with van der Waals surface area (Å²) in [4.78, 5) is 23.6. The molecule has 0 radical (unpaired) electrons. The third kappa shape index (κ3) is 6.04. The molecule has 1 fully saturated rings. The first-order valence-corrected chi connectivity index (χ1v) is 7.48. The summed E-state index contributed by atoms with van der Waals surface area (Å²) < 4.78 is 0. The van der Waals surface area contributed by atoms with Crippen LogP contribution in [0.5, 0.6) is 0 Å². The van der Waals surface area contributed by atoms with E-state index in [-0.39, 0.29) is 23.9 Å². The molecule has 1 aliphatic carbocycles. The quantitative estimate of drug-likeness (QED) is 0.670. The van der Waals surface area contributed by atoms with Crippen molar-refractivity contribution in [1.82, 2.24) is 10.6 Å². The van der Waals surface area contributed by atoms with Crippen LogP contribution in [-0.4, -0.2) is 23.9 Å². The Balaban J connectivity index is 2.44. The molecule has 0 aromatic heterocycles. The van der Waals surface area contributed by atoms with Crippen LogP contribution in [0.25, 0.3) is 0 Å². The monoisotopic (exact) mass is 278 g/mol. The van der Waals surface area contributed by atoms with Crippen LogP contribution < -0.4 is 10.6 Å². The molecule has 0 aliphatic heterocycles. The van der Waals surface area contributed by atoms with Crippen LogP contribution in [0.1, 0.15) is 51.4 Å². The Labute approximate surface area is 121 Å². The van der Waals surface area contributed by atoms with Gasteiger partial charge in [0.25, 0.3) is 0 Å². The zero-order chi connectivity index (χ0) is 14.8. The number of hydrogen-bond donors (Lipinski definition) is 2. The zero-order valence-corrected chi connectivity index (χ0v) is 12.2. The average Bonchev–Trinajstić information content (AvgIpc) is 2.45. The summed E-state index contributed by atoms with van der Waals surface area (Å²) in [7, 11) is 0. The van der Waals surface area contributed by atoms with Crippen LogP contribution in [0, 0.1) is 0 Å². The van der Waals surface area contributed by atoms with Gasteiger partial charge in [0.05, 0.1) is 0 Å². The summed E-state index contributed by atoms with van der Waals surface area (Å²) in [5, 5.41) is 6.09. The van der Waals surface area contributed by atoms with E-state index >= 15 is 0 Å². The van der Waals surface area contributed by atoms with E-state index in [4.69, 9.17) is 0 Å². The van der Waals surface area contributed by atoms with Crippen molar-refractivity contribution in [3.05, 3.63) is 25.3 Å². The second kappa shape index (κ2) is 9.34. The third-order valence-corrected chi connectivity index (χ3v) is 3.61. The lowest BCUT2D eigenvalue weighted by atomic mass is 9.90. The number of hydrogen-bond acceptors (Lipinski definition) is 2. The number of rotatable bonds is 8. The molecule has 0 saturated heterocycles. The molecule has 2 atom stereocenters. The maximum Gasteiger partial charge on any atom is 0.220 e. The maximum absolute atomic E-state index is 11.8. The molecule has 0 aromatic rings. The van der Waals surface area contributed by atoms with E-state index in [0.717, 1.165) is 25.7 Å². The molecule has 20 heavy (non-hydrogen) atoms. The van der Waals surface area contributed by atoms with Crippen molar-refractivity contribution in [3.63, 3.8) is 0 Å². The molecular formula is C16H26N2O2. The summed E-state index contributed by atoms with van der Waals surface area (Å²) in [5.41, 5.74) is 0. The van der Waals surface area contributed by atoms with Crippen LogP contribution in [0.4, 0.5) is 0 Å². The molecule has 1 saturated carbocycles. The zero-order valence-electron chi connectivity index (χ0n) is 12.2. The van der Waals surface area contributed by atoms with Crippen molar-refractivity contribution in [3.8, 4) is 0 Å². The Morgan fingerprint density at radius 3 is 1.65 bits per heavy atom. The minimum atomic E-state index is 0.0436. The molecule has 0 bridgehead atoms. The molecular weight excluding hydrogens is 252 g/mol. The Hall–Kier alpha value is -1.58. The Morgan fingerprint density at radius 2 is 1.30 bits per heavy atom. The van der Waals surface area contributed by atoms with Gasteiger partial charge in [0.2, 0.25) is 11.8 Å². The fraction of sp³-hybridized carbons (Fsp3) is 0.625. The lowest BCUT2D eigenvalue weighted by Crippen LogP contribution is -2.53. The van der Waals surface area contributed by atoms with Gasteiger partial charge in [0, 0.05) is 24.9 Å². The molecule has 2 unspecified atom stereocenters. The SMILES string of the molecule is C=CCCC(=O)NC1CCCCC1NC(=O)CCC=C. The molecule has 2 amide bonds. The lowest BCUT2D eigenvalue weighted by Gasteiger charge is -2.32. The topological polar surface area (TPSA) is 58.2 Å². The van der Waals surface area contributed by atoms with Gasteiger partial charge < -0.3 is 10.6 Å². The number of allylic oxidation sites excluding steroid dienone is 2.